The topological polar surface area (TPSA) is 391 Å². The number of carboxylic acid groups (broad SMARTS) is 1. The first-order chi connectivity index (χ1) is 59.0. The van der Waals surface area contributed by atoms with Gasteiger partial charge in [0.1, 0.15) is 5.60 Å². The molecule has 0 spiro atoms. The molecule has 0 aliphatic heterocycles. The average Bonchev–Trinajstić information content (AvgIpc) is 1.09. The van der Waals surface area contributed by atoms with E-state index in [1.807, 2.05) is 163 Å². The Balaban J connectivity index is 0.000000159. The van der Waals surface area contributed by atoms with E-state index in [0.717, 1.165) is 92.8 Å². The highest BCUT2D eigenvalue weighted by atomic mass is 79.9. The molecular formula is C89H81BrN16O10S6. The third kappa shape index (κ3) is 28.7. The summed E-state index contributed by atoms with van der Waals surface area (Å²) in [7, 11) is 0. The number of ketones is 1. The summed E-state index contributed by atoms with van der Waals surface area (Å²) in [6.45, 7) is 9.74. The number of thiocarbonyl (C=S) groups is 1. The van der Waals surface area contributed by atoms with Gasteiger partial charge in [-0.25, -0.2) is 34.1 Å². The number of carboxylic acids is 1. The Hall–Kier alpha value is -13.8. The maximum atomic E-state index is 12.8. The summed E-state index contributed by atoms with van der Waals surface area (Å²) in [5.74, 6) is -1.74. The zero-order valence-corrected chi connectivity index (χ0v) is 72.6. The highest BCUT2D eigenvalue weighted by Crippen LogP contribution is 2.35. The fourth-order valence-electron chi connectivity index (χ4n) is 10.4. The lowest BCUT2D eigenvalue weighted by Gasteiger charge is -2.20. The van der Waals surface area contributed by atoms with Gasteiger partial charge in [-0.3, -0.25) is 34.8 Å². The van der Waals surface area contributed by atoms with Gasteiger partial charge in [-0.2, -0.15) is 0 Å². The number of carbonyl (C=O) groups excluding carboxylic acids is 5. The van der Waals surface area contributed by atoms with E-state index < -0.39 is 17.7 Å². The van der Waals surface area contributed by atoms with Crippen molar-refractivity contribution in [1.29, 1.82) is 0 Å². The van der Waals surface area contributed by atoms with Gasteiger partial charge < -0.3 is 63.1 Å². The van der Waals surface area contributed by atoms with Crippen molar-refractivity contribution in [3.05, 3.63) is 311 Å². The third-order valence-electron chi connectivity index (χ3n) is 16.2. The van der Waals surface area contributed by atoms with Gasteiger partial charge >= 0.3 is 24.0 Å². The van der Waals surface area contributed by atoms with Crippen molar-refractivity contribution in [2.75, 3.05) is 61.9 Å². The Kier molecular flexibility index (Phi) is 34.1. The summed E-state index contributed by atoms with van der Waals surface area (Å²) < 4.78 is 15.0. The van der Waals surface area contributed by atoms with Gasteiger partial charge in [-0.05, 0) is 251 Å². The molecule has 0 atom stereocenters. The zero-order valence-electron chi connectivity index (χ0n) is 66.1. The van der Waals surface area contributed by atoms with Gasteiger partial charge in [0.05, 0.1) is 75.1 Å². The minimum atomic E-state index is -0.935. The van der Waals surface area contributed by atoms with E-state index >= 15 is 0 Å². The molecule has 0 bridgehead atoms. The fourth-order valence-corrected chi connectivity index (χ4v) is 14.5. The molecule has 15 rings (SSSR count). The normalized spacial score (nSPS) is 10.3. The van der Waals surface area contributed by atoms with Crippen molar-refractivity contribution < 1.29 is 48.1 Å². The van der Waals surface area contributed by atoms with Crippen LogP contribution in [-0.2, 0) is 14.2 Å². The van der Waals surface area contributed by atoms with E-state index in [1.165, 1.54) is 34.0 Å². The number of pyridine rings is 4. The second kappa shape index (κ2) is 46.0. The number of nitrogens with two attached hydrogens (primary N) is 3. The number of benzene rings is 6. The second-order valence-corrected chi connectivity index (χ2v) is 31.7. The number of rotatable bonds is 22. The fraction of sp³-hybridized carbons (Fsp3) is 0.101. The molecule has 0 unspecified atom stereocenters. The van der Waals surface area contributed by atoms with Gasteiger partial charge in [0, 0.05) is 126 Å². The Bertz CT molecular complexity index is 5880. The molecule has 2 amide bonds. The molecule has 33 heteroatoms. The number of nitrogens with one attached hydrogen (secondary N) is 6. The SMILES string of the molecule is CC(C)(C)OC(=O)Nc1ccc(-c2cccs2)cc1N.CCOC(=O)c1ccc(NC(N)=S)cc1.CCOC(=O)c1ccc(Nc2nc(-c3cccnc3)cs2)cc1.Nc1ccc(-c2cccs2)cc1NC(=O)c1ccc(Nc2nc(-c3cccnc3)cs2)cc1.O=C(CBr)c1cccnc1.O=C(O)c1ccc(Nc2nc(-c3cccnc3)cs2)cc1. The molecule has 0 aliphatic rings. The predicted molar refractivity (Wildman–Crippen MR) is 499 cm³/mol. The number of thiazole rings is 3. The van der Waals surface area contributed by atoms with E-state index in [1.54, 1.807) is 177 Å². The molecule has 26 nitrogen and oxygen atoms in total. The molecule has 13 N–H and O–H groups in total. The molecule has 122 heavy (non-hydrogen) atoms. The largest absolute Gasteiger partial charge is 0.478 e. The molecule has 0 radical (unpaired) electrons. The number of hydrogen-bond acceptors (Lipinski definition) is 27. The summed E-state index contributed by atoms with van der Waals surface area (Å²) in [5, 5.41) is 39.7. The first-order valence-electron chi connectivity index (χ1n) is 37.1. The Labute approximate surface area is 736 Å². The van der Waals surface area contributed by atoms with Crippen LogP contribution in [0, 0.1) is 0 Å². The number of ether oxygens (including phenoxy) is 3. The van der Waals surface area contributed by atoms with E-state index in [2.05, 4.69) is 94.9 Å². The van der Waals surface area contributed by atoms with Gasteiger partial charge in [-0.15, -0.1) is 56.7 Å². The Morgan fingerprint density at radius 1 is 0.443 bits per heavy atom. The number of aromatic nitrogens is 7. The Morgan fingerprint density at radius 3 is 1.24 bits per heavy atom. The quantitative estimate of drug-likeness (QED) is 0.00752. The van der Waals surface area contributed by atoms with E-state index in [0.29, 0.717) is 63.5 Å². The van der Waals surface area contributed by atoms with Crippen molar-refractivity contribution in [3.8, 4) is 54.7 Å². The number of esters is 2. The lowest BCUT2D eigenvalue weighted by molar-refractivity contribution is 0.0517. The van der Waals surface area contributed by atoms with Crippen molar-refractivity contribution in [2.24, 2.45) is 5.73 Å². The van der Waals surface area contributed by atoms with Crippen molar-refractivity contribution in [3.63, 3.8) is 0 Å². The highest BCUT2D eigenvalue weighted by molar-refractivity contribution is 9.09. The summed E-state index contributed by atoms with van der Waals surface area (Å²) in [5.41, 5.74) is 32.3. The molecule has 0 saturated heterocycles. The van der Waals surface area contributed by atoms with Crippen LogP contribution in [0.4, 0.5) is 65.7 Å². The number of nitrogen functional groups attached to an aromatic ring is 2. The number of anilines is 11. The van der Waals surface area contributed by atoms with Crippen LogP contribution in [0.3, 0.4) is 0 Å². The van der Waals surface area contributed by atoms with Crippen LogP contribution in [0.2, 0.25) is 0 Å². The van der Waals surface area contributed by atoms with E-state index in [-0.39, 0.29) is 34.3 Å². The maximum absolute atomic E-state index is 12.8. The van der Waals surface area contributed by atoms with Crippen molar-refractivity contribution in [2.45, 2.75) is 40.2 Å². The first-order valence-corrected chi connectivity index (χ1v) is 43.0. The molecular weight excluding hydrogens is 1730 g/mol. The Morgan fingerprint density at radius 2 is 0.861 bits per heavy atom. The van der Waals surface area contributed by atoms with E-state index in [4.69, 9.17) is 36.5 Å². The molecule has 9 heterocycles. The number of carbonyl (C=O) groups is 6. The summed E-state index contributed by atoms with van der Waals surface area (Å²) in [6.07, 6.45) is 13.2. The summed E-state index contributed by atoms with van der Waals surface area (Å²) in [4.78, 5) is 101. The van der Waals surface area contributed by atoms with Gasteiger partial charge in [-0.1, -0.05) is 40.2 Å². The maximum Gasteiger partial charge on any atom is 0.412 e. The van der Waals surface area contributed by atoms with Crippen molar-refractivity contribution in [1.82, 2.24) is 34.9 Å². The van der Waals surface area contributed by atoms with Crippen LogP contribution in [0.25, 0.3) is 54.7 Å². The lowest BCUT2D eigenvalue weighted by Crippen LogP contribution is -2.27. The summed E-state index contributed by atoms with van der Waals surface area (Å²) >= 11 is 15.5. The molecule has 0 aliphatic carbocycles. The van der Waals surface area contributed by atoms with Crippen LogP contribution in [0.15, 0.2) is 283 Å². The first kappa shape index (κ1) is 90.5. The third-order valence-corrected chi connectivity index (χ3v) is 20.9. The highest BCUT2D eigenvalue weighted by Gasteiger charge is 2.19. The average molecular weight is 1810 g/mol. The monoisotopic (exact) mass is 1800 g/mol. The van der Waals surface area contributed by atoms with Crippen LogP contribution in [-0.4, -0.2) is 105 Å². The van der Waals surface area contributed by atoms with Crippen LogP contribution >= 0.6 is 84.8 Å². The molecule has 9 aromatic heterocycles. The van der Waals surface area contributed by atoms with Crippen molar-refractivity contribution >= 4 is 187 Å². The number of aromatic carboxylic acids is 1. The van der Waals surface area contributed by atoms with Crippen LogP contribution in [0.1, 0.15) is 86.4 Å². The number of nitrogens with zero attached hydrogens (tertiary/aromatic N) is 7. The smallest absolute Gasteiger partial charge is 0.412 e. The van der Waals surface area contributed by atoms with Crippen LogP contribution < -0.4 is 49.1 Å². The number of thiophene rings is 2. The minimum Gasteiger partial charge on any atom is -0.478 e. The van der Waals surface area contributed by atoms with Gasteiger partial charge in [0.25, 0.3) is 5.91 Å². The number of amides is 2. The minimum absolute atomic E-state index is 0.0631. The number of halogens is 1. The van der Waals surface area contributed by atoms with Gasteiger partial charge in [0.15, 0.2) is 26.3 Å². The molecule has 0 fully saturated rings. The number of alkyl halides is 1. The van der Waals surface area contributed by atoms with Crippen LogP contribution in [0.5, 0.6) is 0 Å². The molecule has 620 valence electrons. The standard InChI is InChI=1S/C25H19N5OS2.C17H15N3O2S.C15H11N3O2S.C15H18N2O2S.C10H12N2O2S.C7H6BrNO/c26-20-10-7-17(23-4-2-12-32-23)13-21(20)29-24(31)16-5-8-19(9-6-16)28-25-30-22(15-33-25)18-3-1-11-27-14-18;1-2-22-16(21)12-5-7-14(8-6-12)19-17-20-15(11-23-17)13-4-3-9-18-10-13;19-14(20)10-3-5-12(6-4-10)17-15-18-13(9-21-15)11-2-1-7-16-8-11;1-15(2,3)19-14(18)17-12-7-6-10(9-11(12)16)13-5-4-8-20-13;1-2-14-9(13)7-3-5-8(6-4-7)12-10(11)15;8-4-7(10)6-2-1-3-9-5-6/h1-15H,26H2,(H,28,30)(H,29,31);3-11H,2H2,1H3,(H,19,20);1-9H,(H,17,18)(H,19,20);4-9H,16H2,1-3H3,(H,17,18);3-6H,2H2,1H3,(H3,11,12,15);1-3,5H,4H2. The molecule has 15 aromatic rings. The number of hydrogen-bond donors (Lipinski definition) is 10. The van der Waals surface area contributed by atoms with Gasteiger partial charge in [0.2, 0.25) is 0 Å². The van der Waals surface area contributed by atoms with E-state index in [9.17, 15) is 28.8 Å². The number of Topliss-reactive ketones (excluding diaryl/α,β-unsaturated/α-hetero) is 1. The predicted octanol–water partition coefficient (Wildman–Crippen LogP) is 21.8. The second-order valence-electron chi connectivity index (χ2n) is 26.2. The zero-order chi connectivity index (χ0) is 86.8. The summed E-state index contributed by atoms with van der Waals surface area (Å²) in [6, 6.07) is 61.9. The lowest BCUT2D eigenvalue weighted by atomic mass is 10.1. The molecule has 0 saturated carbocycles. The molecule has 6 aromatic carbocycles.